The smallest absolute Gasteiger partial charge is 0.146 e. The van der Waals surface area contributed by atoms with Gasteiger partial charge in [0.05, 0.1) is 6.21 Å². The van der Waals surface area contributed by atoms with Crippen molar-refractivity contribution in [1.29, 1.82) is 0 Å². The van der Waals surface area contributed by atoms with E-state index < -0.39 is 0 Å². The Kier molecular flexibility index (Phi) is 4.10. The van der Waals surface area contributed by atoms with E-state index in [1.54, 1.807) is 18.5 Å². The molecule has 0 aliphatic rings. The Bertz CT molecular complexity index is 844. The van der Waals surface area contributed by atoms with Gasteiger partial charge in [0, 0.05) is 31.5 Å². The molecule has 3 aromatic rings. The van der Waals surface area contributed by atoms with Crippen LogP contribution in [0.4, 0.5) is 11.5 Å². The number of hydrazone groups is 1. The van der Waals surface area contributed by atoms with Crippen molar-refractivity contribution in [2.24, 2.45) is 5.10 Å². The molecule has 0 aliphatic heterocycles. The number of nitrogens with zero attached hydrogens (tertiary/aromatic N) is 3. The number of aromatic nitrogens is 1. The first-order valence-electron chi connectivity index (χ1n) is 7.28. The van der Waals surface area contributed by atoms with E-state index in [0.29, 0.717) is 11.4 Å². The molecular formula is C18H18N4O. The Hall–Kier alpha value is -3.08. The summed E-state index contributed by atoms with van der Waals surface area (Å²) in [6.45, 7) is 0. The average Bonchev–Trinajstić information content (AvgIpc) is 2.55. The highest BCUT2D eigenvalue weighted by atomic mass is 16.3. The molecule has 1 aromatic heterocycles. The third-order valence-electron chi connectivity index (χ3n) is 3.53. The van der Waals surface area contributed by atoms with Crippen LogP contribution in [0.3, 0.4) is 0 Å². The summed E-state index contributed by atoms with van der Waals surface area (Å²) >= 11 is 0. The number of pyridine rings is 1. The fourth-order valence-electron chi connectivity index (χ4n) is 2.27. The number of phenolic OH excluding ortho intramolecular Hbond substituents is 1. The van der Waals surface area contributed by atoms with Gasteiger partial charge in [-0.3, -0.25) is 5.43 Å². The second kappa shape index (κ2) is 6.36. The molecule has 116 valence electrons. The molecule has 2 aromatic carbocycles. The summed E-state index contributed by atoms with van der Waals surface area (Å²) in [5, 5.41) is 16.3. The predicted molar refractivity (Wildman–Crippen MR) is 95.4 cm³/mol. The molecule has 5 nitrogen and oxygen atoms in total. The van der Waals surface area contributed by atoms with E-state index in [-0.39, 0.29) is 5.75 Å². The van der Waals surface area contributed by atoms with Gasteiger partial charge in [-0.1, -0.05) is 12.1 Å². The maximum Gasteiger partial charge on any atom is 0.146 e. The minimum absolute atomic E-state index is 0.194. The van der Waals surface area contributed by atoms with E-state index in [4.69, 9.17) is 0 Å². The molecule has 0 aliphatic carbocycles. The molecule has 0 fully saturated rings. The lowest BCUT2D eigenvalue weighted by molar-refractivity contribution is 0.475. The monoisotopic (exact) mass is 306 g/mol. The number of hydrogen-bond donors (Lipinski definition) is 2. The summed E-state index contributed by atoms with van der Waals surface area (Å²) in [5.41, 5.74) is 4.58. The summed E-state index contributed by atoms with van der Waals surface area (Å²) < 4.78 is 0. The first-order valence-corrected chi connectivity index (χ1v) is 7.28. The maximum absolute atomic E-state index is 10.2. The molecule has 23 heavy (non-hydrogen) atoms. The van der Waals surface area contributed by atoms with Crippen molar-refractivity contribution in [3.63, 3.8) is 0 Å². The highest BCUT2D eigenvalue weighted by Gasteiger charge is 2.04. The zero-order valence-electron chi connectivity index (χ0n) is 13.1. The van der Waals surface area contributed by atoms with Gasteiger partial charge in [0.15, 0.2) is 0 Å². The Morgan fingerprint density at radius 3 is 2.70 bits per heavy atom. The van der Waals surface area contributed by atoms with Gasteiger partial charge in [0.1, 0.15) is 11.6 Å². The normalized spacial score (nSPS) is 11.0. The third-order valence-corrected chi connectivity index (χ3v) is 3.53. The van der Waals surface area contributed by atoms with Gasteiger partial charge in [-0.2, -0.15) is 5.10 Å². The molecular weight excluding hydrogens is 288 g/mol. The van der Waals surface area contributed by atoms with Crippen LogP contribution < -0.4 is 10.3 Å². The van der Waals surface area contributed by atoms with Crippen molar-refractivity contribution >= 4 is 28.5 Å². The van der Waals surface area contributed by atoms with Crippen LogP contribution in [0, 0.1) is 0 Å². The number of aromatic hydroxyl groups is 1. The lowest BCUT2D eigenvalue weighted by Gasteiger charge is -2.13. The van der Waals surface area contributed by atoms with Crippen molar-refractivity contribution in [2.75, 3.05) is 24.4 Å². The number of phenols is 1. The molecule has 3 rings (SSSR count). The van der Waals surface area contributed by atoms with E-state index in [1.807, 2.05) is 61.5 Å². The minimum atomic E-state index is 0.194. The summed E-state index contributed by atoms with van der Waals surface area (Å²) in [5.74, 6) is 0.847. The van der Waals surface area contributed by atoms with Crippen LogP contribution in [0.5, 0.6) is 5.75 Å². The molecule has 0 radical (unpaired) electrons. The third kappa shape index (κ3) is 3.40. The fourth-order valence-corrected chi connectivity index (χ4v) is 2.27. The molecule has 0 atom stereocenters. The Labute approximate surface area is 134 Å². The van der Waals surface area contributed by atoms with Gasteiger partial charge in [-0.15, -0.1) is 0 Å². The van der Waals surface area contributed by atoms with Gasteiger partial charge in [-0.25, -0.2) is 4.98 Å². The largest absolute Gasteiger partial charge is 0.507 e. The fraction of sp³-hybridized carbons (Fsp3) is 0.111. The van der Waals surface area contributed by atoms with Crippen molar-refractivity contribution in [3.8, 4) is 5.75 Å². The Morgan fingerprint density at radius 1 is 1.09 bits per heavy atom. The topological polar surface area (TPSA) is 60.8 Å². The van der Waals surface area contributed by atoms with Crippen molar-refractivity contribution < 1.29 is 5.11 Å². The first kappa shape index (κ1) is 14.8. The number of hydrogen-bond acceptors (Lipinski definition) is 5. The van der Waals surface area contributed by atoms with Crippen molar-refractivity contribution in [1.82, 2.24) is 4.98 Å². The average molecular weight is 306 g/mol. The molecule has 0 amide bonds. The quantitative estimate of drug-likeness (QED) is 0.572. The molecule has 0 bridgehead atoms. The van der Waals surface area contributed by atoms with Gasteiger partial charge < -0.3 is 10.0 Å². The minimum Gasteiger partial charge on any atom is -0.507 e. The van der Waals surface area contributed by atoms with E-state index in [9.17, 15) is 5.11 Å². The molecule has 0 saturated carbocycles. The Balaban J connectivity index is 1.86. The highest BCUT2D eigenvalue weighted by molar-refractivity contribution is 5.95. The second-order valence-corrected chi connectivity index (χ2v) is 5.42. The van der Waals surface area contributed by atoms with E-state index in [1.165, 1.54) is 0 Å². The standard InChI is InChI=1S/C18H18N4O/c1-22(2)16-7-6-13-9-15(17(23)11-14(13)10-16)12-20-21-18-5-3-4-8-19-18/h3-12,23H,1-2H3,(H,19,21)/b20-12+. The van der Waals surface area contributed by atoms with Crippen molar-refractivity contribution in [3.05, 3.63) is 60.3 Å². The number of nitrogens with one attached hydrogen (secondary N) is 1. The highest BCUT2D eigenvalue weighted by Crippen LogP contribution is 2.27. The van der Waals surface area contributed by atoms with E-state index in [0.717, 1.165) is 16.5 Å². The molecule has 2 N–H and O–H groups in total. The molecule has 0 saturated heterocycles. The van der Waals surface area contributed by atoms with Gasteiger partial charge in [0.25, 0.3) is 0 Å². The molecule has 0 spiro atoms. The number of fused-ring (bicyclic) bond motifs is 1. The zero-order chi connectivity index (χ0) is 16.2. The lowest BCUT2D eigenvalue weighted by atomic mass is 10.1. The van der Waals surface area contributed by atoms with Crippen molar-refractivity contribution in [2.45, 2.75) is 0 Å². The summed E-state index contributed by atoms with van der Waals surface area (Å²) in [7, 11) is 3.98. The molecule has 1 heterocycles. The SMILES string of the molecule is CN(C)c1ccc2cc(/C=N/Nc3ccccn3)c(O)cc2c1. The van der Waals surface area contributed by atoms with Crippen LogP contribution in [-0.4, -0.2) is 30.4 Å². The van der Waals surface area contributed by atoms with Gasteiger partial charge in [0.2, 0.25) is 0 Å². The second-order valence-electron chi connectivity index (χ2n) is 5.42. The van der Waals surface area contributed by atoms with Gasteiger partial charge >= 0.3 is 0 Å². The summed E-state index contributed by atoms with van der Waals surface area (Å²) in [4.78, 5) is 6.15. The number of rotatable bonds is 4. The van der Waals surface area contributed by atoms with Crippen LogP contribution in [-0.2, 0) is 0 Å². The van der Waals surface area contributed by atoms with Crippen LogP contribution >= 0.6 is 0 Å². The van der Waals surface area contributed by atoms with Crippen LogP contribution in [0.15, 0.2) is 59.8 Å². The summed E-state index contributed by atoms with van der Waals surface area (Å²) in [6.07, 6.45) is 3.27. The predicted octanol–water partition coefficient (Wildman–Crippen LogP) is 3.45. The Morgan fingerprint density at radius 2 is 1.96 bits per heavy atom. The van der Waals surface area contributed by atoms with Crippen LogP contribution in [0.25, 0.3) is 10.8 Å². The maximum atomic E-state index is 10.2. The zero-order valence-corrected chi connectivity index (χ0v) is 13.1. The molecule has 5 heteroatoms. The van der Waals surface area contributed by atoms with Gasteiger partial charge in [-0.05, 0) is 47.2 Å². The summed E-state index contributed by atoms with van der Waals surface area (Å²) in [6, 6.07) is 15.3. The number of anilines is 2. The van der Waals surface area contributed by atoms with Crippen LogP contribution in [0.2, 0.25) is 0 Å². The van der Waals surface area contributed by atoms with E-state index in [2.05, 4.69) is 15.5 Å². The number of benzene rings is 2. The molecule has 0 unspecified atom stereocenters. The van der Waals surface area contributed by atoms with E-state index >= 15 is 0 Å². The first-order chi connectivity index (χ1) is 11.1. The van der Waals surface area contributed by atoms with Crippen LogP contribution in [0.1, 0.15) is 5.56 Å². The lowest BCUT2D eigenvalue weighted by Crippen LogP contribution is -2.08.